The number of carbonyl (C=O) groups is 1. The molecule has 128 valence electrons. The number of phenols is 1. The van der Waals surface area contributed by atoms with Gasteiger partial charge < -0.3 is 19.3 Å². The number of aromatic hydroxyl groups is 1. The van der Waals surface area contributed by atoms with Crippen molar-refractivity contribution in [3.63, 3.8) is 0 Å². The second-order valence-electron chi connectivity index (χ2n) is 5.87. The van der Waals surface area contributed by atoms with Crippen LogP contribution in [0.25, 0.3) is 0 Å². The van der Waals surface area contributed by atoms with Crippen LogP contribution in [0.5, 0.6) is 11.5 Å². The third kappa shape index (κ3) is 5.75. The molecule has 5 nitrogen and oxygen atoms in total. The number of hydrogen-bond acceptors (Lipinski definition) is 5. The smallest absolute Gasteiger partial charge is 0.309 e. The van der Waals surface area contributed by atoms with E-state index >= 15 is 0 Å². The van der Waals surface area contributed by atoms with E-state index in [1.54, 1.807) is 18.2 Å². The van der Waals surface area contributed by atoms with Gasteiger partial charge in [-0.25, -0.2) is 0 Å². The first-order valence-corrected chi connectivity index (χ1v) is 8.31. The zero-order valence-corrected chi connectivity index (χ0v) is 13.8. The molecule has 1 fully saturated rings. The number of rotatable bonds is 5. The molecule has 5 heteroatoms. The van der Waals surface area contributed by atoms with Gasteiger partial charge in [-0.2, -0.15) is 0 Å². The molecule has 1 heterocycles. The second-order valence-corrected chi connectivity index (χ2v) is 5.87. The fourth-order valence-corrected chi connectivity index (χ4v) is 2.74. The van der Waals surface area contributed by atoms with Gasteiger partial charge in [0.15, 0.2) is 11.5 Å². The van der Waals surface area contributed by atoms with Crippen LogP contribution in [0.1, 0.15) is 37.7 Å². The molecular weight excluding hydrogens is 296 g/mol. The predicted molar refractivity (Wildman–Crippen MR) is 86.7 cm³/mol. The molecule has 1 aromatic rings. The lowest BCUT2D eigenvalue weighted by atomic mass is 9.99. The zero-order valence-electron chi connectivity index (χ0n) is 13.8. The number of carbonyl (C=O) groups excluding carboxylic acids is 1. The van der Waals surface area contributed by atoms with Crippen LogP contribution >= 0.6 is 0 Å². The summed E-state index contributed by atoms with van der Waals surface area (Å²) in [5.41, 5.74) is 0.963. The summed E-state index contributed by atoms with van der Waals surface area (Å²) in [5.74, 6) is 0.366. The normalized spacial score (nSPS) is 19.3. The van der Waals surface area contributed by atoms with E-state index in [0.717, 1.165) is 44.3 Å². The second kappa shape index (κ2) is 9.40. The predicted octanol–water partition coefficient (Wildman–Crippen LogP) is 3.08. The first kappa shape index (κ1) is 17.6. The van der Waals surface area contributed by atoms with Gasteiger partial charge >= 0.3 is 5.97 Å². The molecule has 1 aliphatic heterocycles. The molecule has 0 aliphatic carbocycles. The number of benzene rings is 1. The molecule has 0 aromatic heterocycles. The Hall–Kier alpha value is -1.75. The lowest BCUT2D eigenvalue weighted by Gasteiger charge is -2.15. The molecule has 0 radical (unpaired) electrons. The van der Waals surface area contributed by atoms with Gasteiger partial charge in [0.25, 0.3) is 0 Å². The van der Waals surface area contributed by atoms with Crippen molar-refractivity contribution in [2.75, 3.05) is 26.9 Å². The Bertz CT molecular complexity index is 490. The molecule has 1 aromatic carbocycles. The number of methoxy groups -OCH3 is 1. The van der Waals surface area contributed by atoms with Gasteiger partial charge in [0.2, 0.25) is 0 Å². The fraction of sp³-hybridized carbons (Fsp3) is 0.611. The summed E-state index contributed by atoms with van der Waals surface area (Å²) in [6, 6.07) is 5.15. The standard InChI is InChI=1S/C18H26O5/c1-21-17-13-14(6-7-16(17)19)8-12-23-18(20)15-5-3-2-4-10-22-11-9-15/h6-7,13,15,19H,2-5,8-12H2,1H3. The van der Waals surface area contributed by atoms with Gasteiger partial charge in [-0.1, -0.05) is 18.9 Å². The van der Waals surface area contributed by atoms with E-state index in [1.165, 1.54) is 7.11 Å². The molecule has 1 unspecified atom stereocenters. The fourth-order valence-electron chi connectivity index (χ4n) is 2.74. The molecule has 2 rings (SSSR count). The van der Waals surface area contributed by atoms with E-state index in [4.69, 9.17) is 14.2 Å². The minimum absolute atomic E-state index is 0.0533. The van der Waals surface area contributed by atoms with Crippen LogP contribution in [-0.2, 0) is 20.7 Å². The third-order valence-electron chi connectivity index (χ3n) is 4.16. The van der Waals surface area contributed by atoms with Crippen molar-refractivity contribution in [3.05, 3.63) is 23.8 Å². The average molecular weight is 322 g/mol. The van der Waals surface area contributed by atoms with Gasteiger partial charge in [0, 0.05) is 19.6 Å². The topological polar surface area (TPSA) is 65.0 Å². The molecule has 1 atom stereocenters. The van der Waals surface area contributed by atoms with E-state index < -0.39 is 0 Å². The highest BCUT2D eigenvalue weighted by atomic mass is 16.5. The summed E-state index contributed by atoms with van der Waals surface area (Å²) in [6.07, 6.45) is 5.46. The molecule has 0 bridgehead atoms. The molecule has 23 heavy (non-hydrogen) atoms. The Morgan fingerprint density at radius 2 is 2.13 bits per heavy atom. The van der Waals surface area contributed by atoms with Crippen molar-refractivity contribution >= 4 is 5.97 Å². The zero-order chi connectivity index (χ0) is 16.5. The Morgan fingerprint density at radius 1 is 1.26 bits per heavy atom. The number of phenolic OH excluding ortho intramolecular Hbond substituents is 1. The highest BCUT2D eigenvalue weighted by Crippen LogP contribution is 2.26. The first-order valence-electron chi connectivity index (χ1n) is 8.31. The van der Waals surface area contributed by atoms with Crippen LogP contribution < -0.4 is 4.74 Å². The van der Waals surface area contributed by atoms with Crippen LogP contribution in [0.15, 0.2) is 18.2 Å². The van der Waals surface area contributed by atoms with Crippen molar-refractivity contribution in [2.45, 2.75) is 38.5 Å². The van der Waals surface area contributed by atoms with Crippen molar-refractivity contribution in [3.8, 4) is 11.5 Å². The summed E-state index contributed by atoms with van der Waals surface area (Å²) >= 11 is 0. The molecule has 0 spiro atoms. The summed E-state index contributed by atoms with van der Waals surface area (Å²) in [4.78, 5) is 12.2. The highest BCUT2D eigenvalue weighted by molar-refractivity contribution is 5.72. The minimum Gasteiger partial charge on any atom is -0.504 e. The van der Waals surface area contributed by atoms with Crippen LogP contribution in [-0.4, -0.2) is 38.0 Å². The van der Waals surface area contributed by atoms with Crippen LogP contribution in [0.2, 0.25) is 0 Å². The van der Waals surface area contributed by atoms with E-state index in [-0.39, 0.29) is 17.6 Å². The van der Waals surface area contributed by atoms with Crippen molar-refractivity contribution < 1.29 is 24.1 Å². The maximum Gasteiger partial charge on any atom is 0.309 e. The largest absolute Gasteiger partial charge is 0.504 e. The maximum atomic E-state index is 12.2. The minimum atomic E-state index is -0.124. The number of ether oxygens (including phenoxy) is 3. The molecule has 0 amide bonds. The van der Waals surface area contributed by atoms with Gasteiger partial charge in [0.1, 0.15) is 0 Å². The van der Waals surface area contributed by atoms with E-state index in [1.807, 2.05) is 0 Å². The van der Waals surface area contributed by atoms with Crippen LogP contribution in [0.4, 0.5) is 0 Å². The van der Waals surface area contributed by atoms with Gasteiger partial charge in [0.05, 0.1) is 19.6 Å². The monoisotopic (exact) mass is 322 g/mol. The SMILES string of the molecule is COc1cc(CCOC(=O)C2CCCCCOCC2)ccc1O. The maximum absolute atomic E-state index is 12.2. The summed E-state index contributed by atoms with van der Waals surface area (Å²) < 4.78 is 16.0. The van der Waals surface area contributed by atoms with Gasteiger partial charge in [-0.15, -0.1) is 0 Å². The van der Waals surface area contributed by atoms with E-state index in [9.17, 15) is 9.90 Å². The Morgan fingerprint density at radius 3 is 2.96 bits per heavy atom. The van der Waals surface area contributed by atoms with E-state index in [2.05, 4.69) is 0 Å². The Labute approximate surface area is 137 Å². The summed E-state index contributed by atoms with van der Waals surface area (Å²) in [7, 11) is 1.51. The Balaban J connectivity index is 1.79. The average Bonchev–Trinajstić information content (AvgIpc) is 2.70. The summed E-state index contributed by atoms with van der Waals surface area (Å²) in [6.45, 7) is 1.77. The highest BCUT2D eigenvalue weighted by Gasteiger charge is 2.20. The lowest BCUT2D eigenvalue weighted by Crippen LogP contribution is -2.20. The van der Waals surface area contributed by atoms with Gasteiger partial charge in [-0.3, -0.25) is 4.79 Å². The van der Waals surface area contributed by atoms with Crippen LogP contribution in [0, 0.1) is 5.92 Å². The number of hydrogen-bond donors (Lipinski definition) is 1. The quantitative estimate of drug-likeness (QED) is 0.844. The van der Waals surface area contributed by atoms with Gasteiger partial charge in [-0.05, 0) is 37.0 Å². The van der Waals surface area contributed by atoms with Crippen molar-refractivity contribution in [1.82, 2.24) is 0 Å². The summed E-state index contributed by atoms with van der Waals surface area (Å²) in [5, 5.41) is 9.57. The molecular formula is C18H26O5. The first-order chi connectivity index (χ1) is 11.2. The van der Waals surface area contributed by atoms with Crippen LogP contribution in [0.3, 0.4) is 0 Å². The molecule has 1 aliphatic rings. The third-order valence-corrected chi connectivity index (χ3v) is 4.16. The molecule has 1 N–H and O–H groups in total. The molecule has 0 saturated carbocycles. The lowest BCUT2D eigenvalue weighted by molar-refractivity contribution is -0.149. The van der Waals surface area contributed by atoms with Crippen molar-refractivity contribution in [2.24, 2.45) is 5.92 Å². The Kier molecular flexibility index (Phi) is 7.20. The van der Waals surface area contributed by atoms with Crippen molar-refractivity contribution in [1.29, 1.82) is 0 Å². The molecule has 1 saturated heterocycles. The van der Waals surface area contributed by atoms with E-state index in [0.29, 0.717) is 25.4 Å². The number of esters is 1.